The molecule has 2 nitrogen and oxygen atoms in total. The van der Waals surface area contributed by atoms with Crippen LogP contribution in [0.2, 0.25) is 0 Å². The van der Waals surface area contributed by atoms with E-state index < -0.39 is 17.8 Å². The number of hydrogen-bond acceptors (Lipinski definition) is 2. The van der Waals surface area contributed by atoms with E-state index in [-0.39, 0.29) is 5.69 Å². The Labute approximate surface area is 91.4 Å². The lowest BCUT2D eigenvalue weighted by Gasteiger charge is -2.24. The number of ether oxygens (including phenoxy) is 1. The van der Waals surface area contributed by atoms with E-state index in [1.54, 1.807) is 0 Å². The minimum Gasteiger partial charge on any atom is -0.372 e. The first-order valence-electron chi connectivity index (χ1n) is 5.23. The molecule has 0 bridgehead atoms. The molecular formula is C11H12F3NO. The van der Waals surface area contributed by atoms with Gasteiger partial charge in [0.1, 0.15) is 6.10 Å². The van der Waals surface area contributed by atoms with Gasteiger partial charge in [-0.3, -0.25) is 4.98 Å². The highest BCUT2D eigenvalue weighted by Crippen LogP contribution is 2.37. The Bertz CT molecular complexity index is 358. The molecule has 1 aliphatic heterocycles. The predicted molar refractivity (Wildman–Crippen MR) is 51.8 cm³/mol. The average Bonchev–Trinajstić information content (AvgIpc) is 2.29. The molecule has 0 saturated carbocycles. The summed E-state index contributed by atoms with van der Waals surface area (Å²) in [6.45, 7) is 0.512. The minimum atomic E-state index is -4.36. The molecule has 5 heteroatoms. The van der Waals surface area contributed by atoms with Crippen LogP contribution in [0.25, 0.3) is 0 Å². The fourth-order valence-corrected chi connectivity index (χ4v) is 1.87. The third kappa shape index (κ3) is 2.35. The number of rotatable bonds is 1. The van der Waals surface area contributed by atoms with Crippen LogP contribution in [0.5, 0.6) is 0 Å². The molecule has 16 heavy (non-hydrogen) atoms. The zero-order valence-corrected chi connectivity index (χ0v) is 8.63. The lowest BCUT2D eigenvalue weighted by atomic mass is 10.0. The van der Waals surface area contributed by atoms with Crippen molar-refractivity contribution in [2.45, 2.75) is 31.5 Å². The van der Waals surface area contributed by atoms with Crippen LogP contribution in [-0.4, -0.2) is 11.6 Å². The Morgan fingerprint density at radius 3 is 2.75 bits per heavy atom. The SMILES string of the molecule is FC(F)(F)c1cccnc1C1CCCCO1. The van der Waals surface area contributed by atoms with Gasteiger partial charge >= 0.3 is 6.18 Å². The van der Waals surface area contributed by atoms with Crippen LogP contribution in [0.3, 0.4) is 0 Å². The van der Waals surface area contributed by atoms with Gasteiger partial charge in [-0.25, -0.2) is 0 Å². The molecule has 0 aliphatic carbocycles. The maximum Gasteiger partial charge on any atom is 0.418 e. The van der Waals surface area contributed by atoms with Crippen molar-refractivity contribution < 1.29 is 17.9 Å². The molecule has 1 aliphatic rings. The molecule has 2 heterocycles. The summed E-state index contributed by atoms with van der Waals surface area (Å²) in [7, 11) is 0. The summed E-state index contributed by atoms with van der Waals surface area (Å²) in [5, 5.41) is 0. The summed E-state index contributed by atoms with van der Waals surface area (Å²) in [6.07, 6.45) is -1.08. The smallest absolute Gasteiger partial charge is 0.372 e. The molecule has 1 atom stereocenters. The maximum atomic E-state index is 12.7. The topological polar surface area (TPSA) is 22.1 Å². The van der Waals surface area contributed by atoms with Crippen LogP contribution in [0, 0.1) is 0 Å². The van der Waals surface area contributed by atoms with Crippen molar-refractivity contribution in [3.05, 3.63) is 29.6 Å². The summed E-state index contributed by atoms with van der Waals surface area (Å²) >= 11 is 0. The minimum absolute atomic E-state index is 0.0229. The van der Waals surface area contributed by atoms with E-state index in [1.807, 2.05) is 0 Å². The molecular weight excluding hydrogens is 219 g/mol. The Morgan fingerprint density at radius 1 is 1.31 bits per heavy atom. The quantitative estimate of drug-likeness (QED) is 0.739. The van der Waals surface area contributed by atoms with E-state index in [4.69, 9.17) is 4.74 Å². The van der Waals surface area contributed by atoms with Crippen LogP contribution in [0.1, 0.15) is 36.6 Å². The molecule has 2 rings (SSSR count). The van der Waals surface area contributed by atoms with Crippen molar-refractivity contribution in [1.82, 2.24) is 4.98 Å². The van der Waals surface area contributed by atoms with Crippen LogP contribution in [0.4, 0.5) is 13.2 Å². The Balaban J connectivity index is 2.32. The molecule has 0 amide bonds. The monoisotopic (exact) mass is 231 g/mol. The molecule has 1 aromatic rings. The molecule has 0 spiro atoms. The number of pyridine rings is 1. The number of hydrogen-bond donors (Lipinski definition) is 0. The first-order chi connectivity index (χ1) is 7.59. The highest BCUT2D eigenvalue weighted by molar-refractivity contribution is 5.25. The summed E-state index contributed by atoms with van der Waals surface area (Å²) in [4.78, 5) is 3.82. The highest BCUT2D eigenvalue weighted by atomic mass is 19.4. The Hall–Kier alpha value is -1.10. The van der Waals surface area contributed by atoms with Gasteiger partial charge in [0.2, 0.25) is 0 Å². The van der Waals surface area contributed by atoms with Crippen LogP contribution >= 0.6 is 0 Å². The summed E-state index contributed by atoms with van der Waals surface area (Å²) in [6, 6.07) is 2.36. The Morgan fingerprint density at radius 2 is 2.12 bits per heavy atom. The third-order valence-corrected chi connectivity index (χ3v) is 2.63. The maximum absolute atomic E-state index is 12.7. The van der Waals surface area contributed by atoms with Crippen molar-refractivity contribution in [2.75, 3.05) is 6.61 Å². The summed E-state index contributed by atoms with van der Waals surface area (Å²) < 4.78 is 43.5. The molecule has 1 unspecified atom stereocenters. The molecule has 1 aromatic heterocycles. The first kappa shape index (κ1) is 11.4. The molecule has 0 N–H and O–H groups in total. The van der Waals surface area contributed by atoms with Crippen LogP contribution in [0.15, 0.2) is 18.3 Å². The van der Waals surface area contributed by atoms with E-state index in [1.165, 1.54) is 12.3 Å². The summed E-state index contributed by atoms with van der Waals surface area (Å²) in [5.41, 5.74) is -0.656. The van der Waals surface area contributed by atoms with E-state index in [2.05, 4.69) is 4.98 Å². The van der Waals surface area contributed by atoms with Gasteiger partial charge in [0.15, 0.2) is 0 Å². The molecule has 0 aromatic carbocycles. The fourth-order valence-electron chi connectivity index (χ4n) is 1.87. The first-order valence-corrected chi connectivity index (χ1v) is 5.23. The lowest BCUT2D eigenvalue weighted by Crippen LogP contribution is -2.18. The van der Waals surface area contributed by atoms with Crippen molar-refractivity contribution in [1.29, 1.82) is 0 Å². The fraction of sp³-hybridized carbons (Fsp3) is 0.545. The van der Waals surface area contributed by atoms with Gasteiger partial charge in [-0.2, -0.15) is 13.2 Å². The number of alkyl halides is 3. The average molecular weight is 231 g/mol. The van der Waals surface area contributed by atoms with Gasteiger partial charge in [-0.1, -0.05) is 0 Å². The molecule has 0 radical (unpaired) electrons. The number of aromatic nitrogens is 1. The van der Waals surface area contributed by atoms with Crippen molar-refractivity contribution in [3.8, 4) is 0 Å². The standard InChI is InChI=1S/C11H12F3NO/c12-11(13,14)8-4-3-6-15-10(8)9-5-1-2-7-16-9/h3-4,6,9H,1-2,5,7H2. The van der Waals surface area contributed by atoms with E-state index in [9.17, 15) is 13.2 Å². The van der Waals surface area contributed by atoms with E-state index in [0.717, 1.165) is 18.9 Å². The second-order valence-corrected chi connectivity index (χ2v) is 3.79. The number of nitrogens with zero attached hydrogens (tertiary/aromatic N) is 1. The van der Waals surface area contributed by atoms with Gasteiger partial charge in [0, 0.05) is 12.8 Å². The molecule has 88 valence electrons. The van der Waals surface area contributed by atoms with Gasteiger partial charge in [-0.15, -0.1) is 0 Å². The van der Waals surface area contributed by atoms with Crippen molar-refractivity contribution in [2.24, 2.45) is 0 Å². The zero-order valence-electron chi connectivity index (χ0n) is 8.63. The van der Waals surface area contributed by atoms with Gasteiger partial charge in [-0.05, 0) is 31.4 Å². The second-order valence-electron chi connectivity index (χ2n) is 3.79. The van der Waals surface area contributed by atoms with Crippen molar-refractivity contribution in [3.63, 3.8) is 0 Å². The van der Waals surface area contributed by atoms with Crippen LogP contribution in [-0.2, 0) is 10.9 Å². The zero-order chi connectivity index (χ0) is 11.6. The second kappa shape index (κ2) is 4.41. The van der Waals surface area contributed by atoms with Gasteiger partial charge in [0.05, 0.1) is 11.3 Å². The van der Waals surface area contributed by atoms with Crippen LogP contribution < -0.4 is 0 Å². The van der Waals surface area contributed by atoms with E-state index >= 15 is 0 Å². The van der Waals surface area contributed by atoms with E-state index in [0.29, 0.717) is 13.0 Å². The predicted octanol–water partition coefficient (Wildman–Crippen LogP) is 3.34. The Kier molecular flexibility index (Phi) is 3.14. The third-order valence-electron chi connectivity index (χ3n) is 2.63. The molecule has 1 saturated heterocycles. The van der Waals surface area contributed by atoms with Crippen molar-refractivity contribution >= 4 is 0 Å². The lowest BCUT2D eigenvalue weighted by molar-refractivity contribution is -0.140. The summed E-state index contributed by atoms with van der Waals surface area (Å²) in [5.74, 6) is 0. The largest absolute Gasteiger partial charge is 0.418 e. The molecule has 1 fully saturated rings. The van der Waals surface area contributed by atoms with Gasteiger partial charge < -0.3 is 4.74 Å². The van der Waals surface area contributed by atoms with Gasteiger partial charge in [0.25, 0.3) is 0 Å². The highest BCUT2D eigenvalue weighted by Gasteiger charge is 2.36. The number of halogens is 3. The normalized spacial score (nSPS) is 22.1.